The molecule has 1 N–H and O–H groups in total. The van der Waals surface area contributed by atoms with Crippen molar-refractivity contribution in [1.82, 2.24) is 59.5 Å². The van der Waals surface area contributed by atoms with Gasteiger partial charge in [-0.25, -0.2) is 29.5 Å². The third-order valence-electron chi connectivity index (χ3n) is 10.4. The molecule has 0 radical (unpaired) electrons. The minimum atomic E-state index is -0.566. The lowest BCUT2D eigenvalue weighted by molar-refractivity contribution is 0.0183. The van der Waals surface area contributed by atoms with Crippen LogP contribution in [0.5, 0.6) is 0 Å². The molecule has 6 heterocycles. The van der Waals surface area contributed by atoms with Crippen molar-refractivity contribution >= 4 is 24.0 Å². The molecular weight excluding hydrogens is 733 g/mol. The summed E-state index contributed by atoms with van der Waals surface area (Å²) in [5.41, 5.74) is 2.14. The highest BCUT2D eigenvalue weighted by molar-refractivity contribution is 5.96. The van der Waals surface area contributed by atoms with Crippen molar-refractivity contribution in [3.8, 4) is 0 Å². The number of ether oxygens (including phenoxy) is 2. The van der Waals surface area contributed by atoms with E-state index in [1.807, 2.05) is 53.7 Å². The van der Waals surface area contributed by atoms with Crippen LogP contribution in [0.2, 0.25) is 0 Å². The smallest absolute Gasteiger partial charge is 0.410 e. The second kappa shape index (κ2) is 14.9. The number of hydrogen-bond acceptors (Lipinski definition) is 12. The summed E-state index contributed by atoms with van der Waals surface area (Å²) < 4.78 is 14.5. The number of carbonyl (C=O) groups is 4. The molecule has 0 spiro atoms. The zero-order chi connectivity index (χ0) is 40.8. The van der Waals surface area contributed by atoms with Crippen molar-refractivity contribution in [3.63, 3.8) is 0 Å². The Bertz CT molecular complexity index is 2130. The van der Waals surface area contributed by atoms with Gasteiger partial charge in [0, 0.05) is 32.5 Å². The number of amides is 4. The van der Waals surface area contributed by atoms with E-state index in [-0.39, 0.29) is 30.5 Å². The summed E-state index contributed by atoms with van der Waals surface area (Å²) in [6, 6.07) is 3.68. The minimum absolute atomic E-state index is 0.117. The molecule has 0 unspecified atom stereocenters. The van der Waals surface area contributed by atoms with Crippen molar-refractivity contribution in [2.24, 2.45) is 0 Å². The van der Waals surface area contributed by atoms with Crippen LogP contribution in [0, 0.1) is 0 Å². The normalized spacial score (nSPS) is 17.5. The molecule has 2 fully saturated rings. The van der Waals surface area contributed by atoms with Crippen LogP contribution < -0.4 is 5.32 Å². The van der Waals surface area contributed by atoms with E-state index >= 15 is 0 Å². The topological polar surface area (TPSA) is 196 Å². The van der Waals surface area contributed by atoms with Gasteiger partial charge in [-0.3, -0.25) is 19.0 Å². The highest BCUT2D eigenvalue weighted by atomic mass is 16.6. The molecule has 0 saturated heterocycles. The SMILES string of the molecule is CC(C)(C)OC(=O)N1CCn2ncc(C(=O)NC3(c4ccncn4)CC3)c2C1.CN(C(=O)c1cnn2c1CN(C(=O)OC(C)(C)C)CC2)C1(c2ccncn2)CC1. The van der Waals surface area contributed by atoms with Gasteiger partial charge in [0.1, 0.15) is 23.9 Å². The molecule has 4 aromatic heterocycles. The fourth-order valence-electron chi connectivity index (χ4n) is 7.08. The van der Waals surface area contributed by atoms with E-state index in [4.69, 9.17) is 9.47 Å². The highest BCUT2D eigenvalue weighted by Gasteiger charge is 2.52. The van der Waals surface area contributed by atoms with Crippen LogP contribution in [0.25, 0.3) is 0 Å². The molecule has 0 bridgehead atoms. The second-order valence-corrected chi connectivity index (χ2v) is 16.9. The number of nitrogens with zero attached hydrogens (tertiary/aromatic N) is 11. The minimum Gasteiger partial charge on any atom is -0.444 e. The van der Waals surface area contributed by atoms with E-state index in [1.54, 1.807) is 55.9 Å². The lowest BCUT2D eigenvalue weighted by Gasteiger charge is -2.31. The summed E-state index contributed by atoms with van der Waals surface area (Å²) >= 11 is 0. The standard InChI is InChI=1S/C20H26N6O3.C19H24N6O3/c1-19(2,3)29-18(28)25-9-10-26-15(12-25)14(11-23-26)17(27)24(4)20(6-7-20)16-5-8-21-13-22-16;1-18(2,3)28-17(27)24-8-9-25-14(11-24)13(10-22-25)16(26)23-19(5-6-19)15-4-7-20-12-21-15/h5,8,11,13H,6-7,9-10,12H2,1-4H3;4,7,10,12H,5-6,8-9,11H2,1-3H3,(H,23,26). The first-order valence-corrected chi connectivity index (χ1v) is 19.2. The Morgan fingerprint density at radius 3 is 1.65 bits per heavy atom. The van der Waals surface area contributed by atoms with Crippen molar-refractivity contribution < 1.29 is 28.7 Å². The molecule has 0 atom stereocenters. The molecule has 2 aliphatic carbocycles. The van der Waals surface area contributed by atoms with E-state index < -0.39 is 22.3 Å². The van der Waals surface area contributed by atoms with Gasteiger partial charge in [0.15, 0.2) is 0 Å². The first-order chi connectivity index (χ1) is 27.0. The van der Waals surface area contributed by atoms with Crippen molar-refractivity contribution in [1.29, 1.82) is 0 Å². The molecule has 302 valence electrons. The van der Waals surface area contributed by atoms with Crippen LogP contribution in [0.4, 0.5) is 9.59 Å². The van der Waals surface area contributed by atoms with Crippen LogP contribution in [-0.2, 0) is 46.7 Å². The Kier molecular flexibility index (Phi) is 10.2. The fourth-order valence-corrected chi connectivity index (χ4v) is 7.08. The summed E-state index contributed by atoms with van der Waals surface area (Å²) in [5.74, 6) is -0.322. The van der Waals surface area contributed by atoms with Crippen LogP contribution in [0.15, 0.2) is 49.6 Å². The predicted molar refractivity (Wildman–Crippen MR) is 203 cm³/mol. The van der Waals surface area contributed by atoms with Gasteiger partial charge in [-0.15, -0.1) is 0 Å². The Labute approximate surface area is 331 Å². The molecule has 2 aliphatic heterocycles. The molecule has 2 saturated carbocycles. The van der Waals surface area contributed by atoms with Crippen LogP contribution in [0.3, 0.4) is 0 Å². The molecule has 4 amide bonds. The highest BCUT2D eigenvalue weighted by Crippen LogP contribution is 2.50. The summed E-state index contributed by atoms with van der Waals surface area (Å²) in [7, 11) is 1.80. The summed E-state index contributed by atoms with van der Waals surface area (Å²) in [6.45, 7) is 13.7. The molecule has 4 aromatic rings. The average Bonchev–Trinajstić information content (AvgIpc) is 4.07. The maximum absolute atomic E-state index is 13.3. The Balaban J connectivity index is 0.000000174. The maximum Gasteiger partial charge on any atom is 0.410 e. The van der Waals surface area contributed by atoms with E-state index in [2.05, 4.69) is 35.5 Å². The second-order valence-electron chi connectivity index (χ2n) is 16.9. The van der Waals surface area contributed by atoms with Gasteiger partial charge in [0.05, 0.1) is 83.6 Å². The third kappa shape index (κ3) is 8.44. The Morgan fingerprint density at radius 2 is 1.19 bits per heavy atom. The molecule has 0 aromatic carbocycles. The molecule has 8 rings (SSSR count). The molecule has 18 heteroatoms. The Hall–Kier alpha value is -5.94. The molecular formula is C39H50N12O6. The largest absolute Gasteiger partial charge is 0.444 e. The molecule has 4 aliphatic rings. The van der Waals surface area contributed by atoms with Crippen molar-refractivity contribution in [3.05, 3.63) is 83.5 Å². The van der Waals surface area contributed by atoms with Crippen LogP contribution in [0.1, 0.15) is 111 Å². The molecule has 18 nitrogen and oxygen atoms in total. The number of carbonyl (C=O) groups excluding carboxylic acids is 4. The van der Waals surface area contributed by atoms with Crippen LogP contribution in [-0.4, -0.2) is 110 Å². The number of aromatic nitrogens is 8. The van der Waals surface area contributed by atoms with Gasteiger partial charge in [-0.1, -0.05) is 0 Å². The Morgan fingerprint density at radius 1 is 0.702 bits per heavy atom. The summed E-state index contributed by atoms with van der Waals surface area (Å²) in [5, 5.41) is 11.8. The maximum atomic E-state index is 13.3. The van der Waals surface area contributed by atoms with Gasteiger partial charge in [0.2, 0.25) is 0 Å². The average molecular weight is 783 g/mol. The summed E-state index contributed by atoms with van der Waals surface area (Å²) in [4.78, 5) is 72.7. The fraction of sp³-hybridized carbons (Fsp3) is 0.538. The van der Waals surface area contributed by atoms with Crippen molar-refractivity contribution in [2.45, 2.75) is 116 Å². The first kappa shape index (κ1) is 39.3. The predicted octanol–water partition coefficient (Wildman–Crippen LogP) is 4.03. The zero-order valence-electron chi connectivity index (χ0n) is 33.6. The number of nitrogens with one attached hydrogen (secondary N) is 1. The first-order valence-electron chi connectivity index (χ1n) is 19.2. The third-order valence-corrected chi connectivity index (χ3v) is 10.4. The number of rotatable bonds is 6. The van der Waals surface area contributed by atoms with E-state index in [0.717, 1.165) is 42.8 Å². The van der Waals surface area contributed by atoms with E-state index in [9.17, 15) is 19.2 Å². The number of fused-ring (bicyclic) bond motifs is 2. The lowest BCUT2D eigenvalue weighted by atomic mass is 10.1. The quantitative estimate of drug-likeness (QED) is 0.296. The van der Waals surface area contributed by atoms with Gasteiger partial charge < -0.3 is 29.5 Å². The van der Waals surface area contributed by atoms with E-state index in [0.29, 0.717) is 49.5 Å². The summed E-state index contributed by atoms with van der Waals surface area (Å²) in [6.07, 6.45) is 12.2. The number of hydrogen-bond donors (Lipinski definition) is 1. The van der Waals surface area contributed by atoms with Gasteiger partial charge in [0.25, 0.3) is 11.8 Å². The zero-order valence-corrected chi connectivity index (χ0v) is 33.6. The lowest BCUT2D eigenvalue weighted by Crippen LogP contribution is -2.43. The monoisotopic (exact) mass is 782 g/mol. The van der Waals surface area contributed by atoms with E-state index in [1.165, 1.54) is 12.7 Å². The molecule has 57 heavy (non-hydrogen) atoms. The van der Waals surface area contributed by atoms with Crippen LogP contribution >= 0.6 is 0 Å². The van der Waals surface area contributed by atoms with Gasteiger partial charge in [-0.05, 0) is 79.4 Å². The van der Waals surface area contributed by atoms with Gasteiger partial charge in [-0.2, -0.15) is 10.2 Å². The van der Waals surface area contributed by atoms with Gasteiger partial charge >= 0.3 is 12.2 Å². The van der Waals surface area contributed by atoms with Crippen molar-refractivity contribution in [2.75, 3.05) is 20.1 Å².